The summed E-state index contributed by atoms with van der Waals surface area (Å²) < 4.78 is 13.2. The molecule has 1 aliphatic heterocycles. The summed E-state index contributed by atoms with van der Waals surface area (Å²) in [6.45, 7) is 4.46. The number of quaternary nitrogens is 1. The lowest BCUT2D eigenvalue weighted by molar-refractivity contribution is -0.897. The molecule has 27 heavy (non-hydrogen) atoms. The molecule has 3 N–H and O–H groups in total. The SMILES string of the molecule is C[C@H]1CCCC[C@H]1NC(=O)C[NH+]1CCC(NC(=O)c2cccc(F)c2)CC1. The molecule has 148 valence electrons. The van der Waals surface area contributed by atoms with Crippen molar-refractivity contribution in [3.63, 3.8) is 0 Å². The molecule has 0 spiro atoms. The Morgan fingerprint density at radius 2 is 1.85 bits per heavy atom. The Hall–Kier alpha value is -1.95. The van der Waals surface area contributed by atoms with Gasteiger partial charge < -0.3 is 15.5 Å². The Kier molecular flexibility index (Phi) is 6.83. The summed E-state index contributed by atoms with van der Waals surface area (Å²) in [6, 6.07) is 6.17. The molecule has 1 heterocycles. The van der Waals surface area contributed by atoms with E-state index in [9.17, 15) is 14.0 Å². The van der Waals surface area contributed by atoms with Gasteiger partial charge in [0, 0.05) is 30.5 Å². The molecular weight excluding hydrogens is 345 g/mol. The Morgan fingerprint density at radius 1 is 1.11 bits per heavy atom. The van der Waals surface area contributed by atoms with Gasteiger partial charge in [-0.15, -0.1) is 0 Å². The summed E-state index contributed by atoms with van der Waals surface area (Å²) in [5.74, 6) is 0.0830. The van der Waals surface area contributed by atoms with E-state index in [1.54, 1.807) is 12.1 Å². The molecule has 1 aromatic carbocycles. The molecule has 1 aromatic rings. The molecule has 2 amide bonds. The van der Waals surface area contributed by atoms with Crippen molar-refractivity contribution in [3.05, 3.63) is 35.6 Å². The van der Waals surface area contributed by atoms with Gasteiger partial charge in [-0.3, -0.25) is 9.59 Å². The lowest BCUT2D eigenvalue weighted by atomic mass is 9.86. The zero-order valence-electron chi connectivity index (χ0n) is 16.1. The second-order valence-corrected chi connectivity index (χ2v) is 8.12. The van der Waals surface area contributed by atoms with E-state index in [-0.39, 0.29) is 17.9 Å². The van der Waals surface area contributed by atoms with E-state index in [4.69, 9.17) is 0 Å². The quantitative estimate of drug-likeness (QED) is 0.725. The zero-order valence-corrected chi connectivity index (χ0v) is 16.1. The first-order chi connectivity index (χ1) is 13.0. The van der Waals surface area contributed by atoms with Gasteiger partial charge in [0.1, 0.15) is 5.82 Å². The van der Waals surface area contributed by atoms with Crippen LogP contribution in [-0.2, 0) is 4.79 Å². The highest BCUT2D eigenvalue weighted by atomic mass is 19.1. The van der Waals surface area contributed by atoms with E-state index >= 15 is 0 Å². The van der Waals surface area contributed by atoms with Crippen LogP contribution in [0.5, 0.6) is 0 Å². The molecule has 2 aliphatic rings. The van der Waals surface area contributed by atoms with Crippen molar-refractivity contribution in [1.82, 2.24) is 10.6 Å². The van der Waals surface area contributed by atoms with Crippen LogP contribution in [0.3, 0.4) is 0 Å². The summed E-state index contributed by atoms with van der Waals surface area (Å²) in [4.78, 5) is 25.9. The van der Waals surface area contributed by atoms with Gasteiger partial charge in [0.15, 0.2) is 6.54 Å². The van der Waals surface area contributed by atoms with Crippen LogP contribution in [0.15, 0.2) is 24.3 Å². The lowest BCUT2D eigenvalue weighted by Gasteiger charge is -2.32. The van der Waals surface area contributed by atoms with E-state index in [1.807, 2.05) is 0 Å². The zero-order chi connectivity index (χ0) is 19.2. The van der Waals surface area contributed by atoms with Crippen LogP contribution in [0.4, 0.5) is 4.39 Å². The van der Waals surface area contributed by atoms with Crippen LogP contribution in [-0.4, -0.2) is 43.5 Å². The maximum absolute atomic E-state index is 13.2. The molecule has 0 aromatic heterocycles. The number of piperidine rings is 1. The van der Waals surface area contributed by atoms with Gasteiger partial charge >= 0.3 is 0 Å². The van der Waals surface area contributed by atoms with Gasteiger partial charge in [0.25, 0.3) is 11.8 Å². The Morgan fingerprint density at radius 3 is 2.56 bits per heavy atom. The first kappa shape index (κ1) is 19.8. The lowest BCUT2D eigenvalue weighted by Crippen LogP contribution is -3.14. The smallest absolute Gasteiger partial charge is 0.275 e. The number of amides is 2. The van der Waals surface area contributed by atoms with Crippen molar-refractivity contribution in [1.29, 1.82) is 0 Å². The number of rotatable bonds is 5. The predicted octanol–water partition coefficient (Wildman–Crippen LogP) is 1.30. The van der Waals surface area contributed by atoms with Crippen LogP contribution in [0.2, 0.25) is 0 Å². The van der Waals surface area contributed by atoms with Crippen LogP contribution < -0.4 is 15.5 Å². The van der Waals surface area contributed by atoms with Crippen molar-refractivity contribution < 1.29 is 18.9 Å². The molecule has 1 saturated carbocycles. The largest absolute Gasteiger partial charge is 0.349 e. The molecule has 0 bridgehead atoms. The summed E-state index contributed by atoms with van der Waals surface area (Å²) in [6.07, 6.45) is 6.45. The summed E-state index contributed by atoms with van der Waals surface area (Å²) in [5, 5.41) is 6.21. The van der Waals surface area contributed by atoms with Gasteiger partial charge in [-0.2, -0.15) is 0 Å². The molecule has 2 fully saturated rings. The van der Waals surface area contributed by atoms with Gasteiger partial charge in [-0.05, 0) is 37.0 Å². The number of halogens is 1. The van der Waals surface area contributed by atoms with Gasteiger partial charge in [-0.1, -0.05) is 25.8 Å². The minimum absolute atomic E-state index is 0.0888. The standard InChI is InChI=1S/C21H30FN3O2/c1-15-5-2-3-8-19(15)24-20(26)14-25-11-9-18(10-12-25)23-21(27)16-6-4-7-17(22)13-16/h4,6-7,13,15,18-19H,2-3,5,8-12,14H2,1H3,(H,23,27)(H,24,26)/p+1/t15-,19+/m0/s1. The molecule has 5 nitrogen and oxygen atoms in total. The molecular formula is C21H31FN3O2+. The van der Waals surface area contributed by atoms with Crippen LogP contribution in [0.25, 0.3) is 0 Å². The second-order valence-electron chi connectivity index (χ2n) is 8.12. The topological polar surface area (TPSA) is 62.6 Å². The van der Waals surface area contributed by atoms with Gasteiger partial charge in [0.2, 0.25) is 0 Å². The van der Waals surface area contributed by atoms with Crippen molar-refractivity contribution in [3.8, 4) is 0 Å². The number of hydrogen-bond donors (Lipinski definition) is 3. The highest BCUT2D eigenvalue weighted by molar-refractivity contribution is 5.94. The van der Waals surface area contributed by atoms with Crippen LogP contribution in [0.1, 0.15) is 55.8 Å². The summed E-state index contributed by atoms with van der Waals surface area (Å²) >= 11 is 0. The Balaban J connectivity index is 1.39. The molecule has 0 radical (unpaired) electrons. The van der Waals surface area contributed by atoms with Crippen LogP contribution >= 0.6 is 0 Å². The second kappa shape index (κ2) is 9.31. The normalized spacial score (nSPS) is 28.4. The monoisotopic (exact) mass is 376 g/mol. The fourth-order valence-corrected chi connectivity index (χ4v) is 4.26. The van der Waals surface area contributed by atoms with Crippen molar-refractivity contribution >= 4 is 11.8 Å². The van der Waals surface area contributed by atoms with Gasteiger partial charge in [0.05, 0.1) is 13.1 Å². The predicted molar refractivity (Wildman–Crippen MR) is 102 cm³/mol. The third kappa shape index (κ3) is 5.76. The van der Waals surface area contributed by atoms with E-state index in [1.165, 1.54) is 36.3 Å². The van der Waals surface area contributed by atoms with E-state index in [0.717, 1.165) is 32.4 Å². The maximum atomic E-state index is 13.2. The minimum Gasteiger partial charge on any atom is -0.349 e. The summed E-state index contributed by atoms with van der Waals surface area (Å²) in [7, 11) is 0. The first-order valence-electron chi connectivity index (χ1n) is 10.2. The Labute approximate surface area is 160 Å². The maximum Gasteiger partial charge on any atom is 0.275 e. The number of nitrogens with one attached hydrogen (secondary N) is 3. The first-order valence-corrected chi connectivity index (χ1v) is 10.2. The van der Waals surface area contributed by atoms with Gasteiger partial charge in [-0.25, -0.2) is 4.39 Å². The molecule has 2 atom stereocenters. The number of carbonyl (C=O) groups excluding carboxylic acids is 2. The molecule has 1 aliphatic carbocycles. The van der Waals surface area contributed by atoms with Crippen LogP contribution in [0, 0.1) is 11.7 Å². The highest BCUT2D eigenvalue weighted by Gasteiger charge is 2.27. The highest BCUT2D eigenvalue weighted by Crippen LogP contribution is 2.23. The number of benzene rings is 1. The summed E-state index contributed by atoms with van der Waals surface area (Å²) in [5.41, 5.74) is 0.353. The van der Waals surface area contributed by atoms with E-state index in [0.29, 0.717) is 24.1 Å². The average molecular weight is 376 g/mol. The average Bonchev–Trinajstić information content (AvgIpc) is 2.65. The molecule has 1 saturated heterocycles. The number of likely N-dealkylation sites (tertiary alicyclic amines) is 1. The Bertz CT molecular complexity index is 659. The third-order valence-electron chi connectivity index (χ3n) is 5.98. The van der Waals surface area contributed by atoms with Crippen molar-refractivity contribution in [2.75, 3.05) is 19.6 Å². The van der Waals surface area contributed by atoms with Crippen molar-refractivity contribution in [2.24, 2.45) is 5.92 Å². The molecule has 0 unspecified atom stereocenters. The van der Waals surface area contributed by atoms with Crippen molar-refractivity contribution in [2.45, 2.75) is 57.5 Å². The third-order valence-corrected chi connectivity index (χ3v) is 5.98. The number of hydrogen-bond acceptors (Lipinski definition) is 2. The van der Waals surface area contributed by atoms with E-state index < -0.39 is 5.82 Å². The van der Waals surface area contributed by atoms with E-state index in [2.05, 4.69) is 17.6 Å². The number of carbonyl (C=O) groups is 2. The fraction of sp³-hybridized carbons (Fsp3) is 0.619. The minimum atomic E-state index is -0.403. The molecule has 3 rings (SSSR count). The molecule has 6 heteroatoms. The fourth-order valence-electron chi connectivity index (χ4n) is 4.26.